The topological polar surface area (TPSA) is 63.9 Å². The quantitative estimate of drug-likeness (QED) is 0.604. The molecule has 0 aliphatic rings. The smallest absolute Gasteiger partial charge is 0.0991 e. The maximum atomic E-state index is 10.2. The lowest BCUT2D eigenvalue weighted by Gasteiger charge is -2.01. The van der Waals surface area contributed by atoms with Crippen LogP contribution in [0.15, 0.2) is 24.3 Å². The van der Waals surface area contributed by atoms with E-state index in [1.54, 1.807) is 18.2 Å². The van der Waals surface area contributed by atoms with Crippen LogP contribution in [0.5, 0.6) is 0 Å². The molecule has 0 aromatic heterocycles. The number of carbonyl (C=O) groups is 1. The second-order valence-corrected chi connectivity index (χ2v) is 2.36. The molecule has 0 aliphatic heterocycles. The summed E-state index contributed by atoms with van der Waals surface area (Å²) in [6.45, 7) is 0. The van der Waals surface area contributed by atoms with Crippen LogP contribution in [0.2, 0.25) is 0 Å². The van der Waals surface area contributed by atoms with Gasteiger partial charge in [0.2, 0.25) is 0 Å². The minimum Gasteiger partial charge on any atom is -0.550 e. The van der Waals surface area contributed by atoms with E-state index in [0.29, 0.717) is 11.1 Å². The van der Waals surface area contributed by atoms with Gasteiger partial charge in [-0.3, -0.25) is 0 Å². The molecule has 60 valence electrons. The summed E-state index contributed by atoms with van der Waals surface area (Å²) in [5.41, 5.74) is 1.06. The molecule has 1 aromatic rings. The maximum absolute atomic E-state index is 10.2. The van der Waals surface area contributed by atoms with E-state index < -0.39 is 5.97 Å². The fraction of sp³-hybridized carbons (Fsp3) is 0.111. The van der Waals surface area contributed by atoms with Gasteiger partial charge < -0.3 is 9.90 Å². The predicted molar refractivity (Wildman–Crippen MR) is 39.9 cm³/mol. The molecule has 0 spiro atoms. The Balaban J connectivity index is 2.88. The summed E-state index contributed by atoms with van der Waals surface area (Å²) in [5, 5.41) is 18.7. The molecular formula is C9H6NO2-. The van der Waals surface area contributed by atoms with Crippen molar-refractivity contribution in [2.45, 2.75) is 6.42 Å². The van der Waals surface area contributed by atoms with Crippen LogP contribution in [0.1, 0.15) is 11.1 Å². The van der Waals surface area contributed by atoms with E-state index >= 15 is 0 Å². The number of hydrogen-bond acceptors (Lipinski definition) is 3. The molecule has 3 nitrogen and oxygen atoms in total. The van der Waals surface area contributed by atoms with E-state index in [-0.39, 0.29) is 6.42 Å². The van der Waals surface area contributed by atoms with E-state index in [1.807, 2.05) is 6.07 Å². The SMILES string of the molecule is N#Cc1cccc(CC(=O)[O-])c1. The van der Waals surface area contributed by atoms with Gasteiger partial charge in [0.25, 0.3) is 0 Å². The minimum atomic E-state index is -1.13. The van der Waals surface area contributed by atoms with Gasteiger partial charge in [0.05, 0.1) is 11.6 Å². The number of nitrogens with zero attached hydrogens (tertiary/aromatic N) is 1. The number of carbonyl (C=O) groups excluding carboxylic acids is 1. The molecule has 0 fully saturated rings. The van der Waals surface area contributed by atoms with E-state index in [1.165, 1.54) is 6.07 Å². The molecule has 0 amide bonds. The summed E-state index contributed by atoms with van der Waals surface area (Å²) in [5.74, 6) is -1.13. The number of carboxylic acids is 1. The summed E-state index contributed by atoms with van der Waals surface area (Å²) >= 11 is 0. The summed E-state index contributed by atoms with van der Waals surface area (Å²) < 4.78 is 0. The first-order valence-electron chi connectivity index (χ1n) is 3.41. The van der Waals surface area contributed by atoms with Gasteiger partial charge in [-0.15, -0.1) is 0 Å². The number of hydrogen-bond donors (Lipinski definition) is 0. The maximum Gasteiger partial charge on any atom is 0.0991 e. The van der Waals surface area contributed by atoms with Crippen molar-refractivity contribution in [3.8, 4) is 6.07 Å². The summed E-state index contributed by atoms with van der Waals surface area (Å²) in [6, 6.07) is 8.39. The molecule has 12 heavy (non-hydrogen) atoms. The predicted octanol–water partition coefficient (Wildman–Crippen LogP) is -0.149. The Hall–Kier alpha value is -1.82. The third kappa shape index (κ3) is 2.10. The highest BCUT2D eigenvalue weighted by Gasteiger charge is 1.94. The van der Waals surface area contributed by atoms with Gasteiger partial charge in [-0.25, -0.2) is 0 Å². The average molecular weight is 160 g/mol. The Labute approximate surface area is 69.9 Å². The first-order valence-corrected chi connectivity index (χ1v) is 3.41. The van der Waals surface area contributed by atoms with Crippen LogP contribution in [-0.4, -0.2) is 5.97 Å². The second kappa shape index (κ2) is 3.54. The molecular weight excluding hydrogens is 154 g/mol. The van der Waals surface area contributed by atoms with Crippen molar-refractivity contribution in [1.82, 2.24) is 0 Å². The van der Waals surface area contributed by atoms with Crippen molar-refractivity contribution in [1.29, 1.82) is 5.26 Å². The van der Waals surface area contributed by atoms with Crippen LogP contribution in [0, 0.1) is 11.3 Å². The first-order chi connectivity index (χ1) is 5.72. The molecule has 1 rings (SSSR count). The van der Waals surface area contributed by atoms with E-state index in [0.717, 1.165) is 0 Å². The summed E-state index contributed by atoms with van der Waals surface area (Å²) in [7, 11) is 0. The zero-order chi connectivity index (χ0) is 8.97. The molecule has 0 bridgehead atoms. The lowest BCUT2D eigenvalue weighted by atomic mass is 10.1. The van der Waals surface area contributed by atoms with E-state index in [2.05, 4.69) is 0 Å². The van der Waals surface area contributed by atoms with Crippen LogP contribution in [0.25, 0.3) is 0 Å². The molecule has 0 aliphatic carbocycles. The Bertz CT molecular complexity index is 339. The Morgan fingerprint density at radius 3 is 2.92 bits per heavy atom. The van der Waals surface area contributed by atoms with Gasteiger partial charge in [-0.1, -0.05) is 12.1 Å². The second-order valence-electron chi connectivity index (χ2n) is 2.36. The number of rotatable bonds is 2. The lowest BCUT2D eigenvalue weighted by molar-refractivity contribution is -0.304. The van der Waals surface area contributed by atoms with Gasteiger partial charge in [0.1, 0.15) is 0 Å². The standard InChI is InChI=1S/C9H7NO2/c10-6-8-3-1-2-7(4-8)5-9(11)12/h1-4H,5H2,(H,11,12)/p-1. The van der Waals surface area contributed by atoms with Crippen LogP contribution < -0.4 is 5.11 Å². The zero-order valence-corrected chi connectivity index (χ0v) is 6.28. The van der Waals surface area contributed by atoms with Crippen molar-refractivity contribution in [3.05, 3.63) is 35.4 Å². The monoisotopic (exact) mass is 160 g/mol. The molecule has 3 heteroatoms. The molecule has 1 aromatic carbocycles. The largest absolute Gasteiger partial charge is 0.550 e. The van der Waals surface area contributed by atoms with Crippen molar-refractivity contribution in [3.63, 3.8) is 0 Å². The fourth-order valence-corrected chi connectivity index (χ4v) is 0.918. The van der Waals surface area contributed by atoms with Crippen LogP contribution in [-0.2, 0) is 11.2 Å². The van der Waals surface area contributed by atoms with Gasteiger partial charge in [-0.2, -0.15) is 5.26 Å². The molecule has 0 saturated heterocycles. The van der Waals surface area contributed by atoms with E-state index in [9.17, 15) is 9.90 Å². The lowest BCUT2D eigenvalue weighted by Crippen LogP contribution is -2.24. The van der Waals surface area contributed by atoms with Crippen LogP contribution in [0.4, 0.5) is 0 Å². The molecule has 0 atom stereocenters. The Morgan fingerprint density at radius 1 is 1.58 bits per heavy atom. The third-order valence-corrected chi connectivity index (χ3v) is 1.40. The van der Waals surface area contributed by atoms with Gasteiger partial charge in [-0.05, 0) is 17.7 Å². The summed E-state index contributed by atoms with van der Waals surface area (Å²) in [4.78, 5) is 10.2. The molecule has 0 radical (unpaired) electrons. The van der Waals surface area contributed by atoms with Gasteiger partial charge in [0, 0.05) is 12.4 Å². The fourth-order valence-electron chi connectivity index (χ4n) is 0.918. The molecule has 0 N–H and O–H groups in total. The number of carboxylic acid groups (broad SMARTS) is 1. The van der Waals surface area contributed by atoms with Crippen molar-refractivity contribution in [2.24, 2.45) is 0 Å². The highest BCUT2D eigenvalue weighted by Crippen LogP contribution is 2.03. The first kappa shape index (κ1) is 8.28. The number of aliphatic carboxylic acids is 1. The Kier molecular flexibility index (Phi) is 2.44. The van der Waals surface area contributed by atoms with Crippen LogP contribution >= 0.6 is 0 Å². The van der Waals surface area contributed by atoms with Gasteiger partial charge in [0.15, 0.2) is 0 Å². The highest BCUT2D eigenvalue weighted by atomic mass is 16.4. The number of benzene rings is 1. The summed E-state index contributed by atoms with van der Waals surface area (Å²) in [6.07, 6.45) is -0.143. The highest BCUT2D eigenvalue weighted by molar-refractivity contribution is 5.68. The van der Waals surface area contributed by atoms with Crippen molar-refractivity contribution >= 4 is 5.97 Å². The molecule has 0 saturated carbocycles. The molecule has 0 heterocycles. The van der Waals surface area contributed by atoms with Crippen molar-refractivity contribution in [2.75, 3.05) is 0 Å². The van der Waals surface area contributed by atoms with Crippen LogP contribution in [0.3, 0.4) is 0 Å². The average Bonchev–Trinajstić information content (AvgIpc) is 2.03. The number of nitriles is 1. The normalized spacial score (nSPS) is 8.92. The minimum absolute atomic E-state index is 0.143. The Morgan fingerprint density at radius 2 is 2.33 bits per heavy atom. The zero-order valence-electron chi connectivity index (χ0n) is 6.28. The van der Waals surface area contributed by atoms with Crippen molar-refractivity contribution < 1.29 is 9.90 Å². The third-order valence-electron chi connectivity index (χ3n) is 1.40. The van der Waals surface area contributed by atoms with E-state index in [4.69, 9.17) is 5.26 Å². The van der Waals surface area contributed by atoms with Gasteiger partial charge >= 0.3 is 0 Å². The molecule has 0 unspecified atom stereocenters.